The quantitative estimate of drug-likeness (QED) is 0.898. The molecule has 2 N–H and O–H groups in total. The number of nitrogens with two attached hydrogens (primary N) is 1. The maximum absolute atomic E-state index is 6.04. The van der Waals surface area contributed by atoms with Gasteiger partial charge in [-0.05, 0) is 49.4 Å². The monoisotopic (exact) mass is 276 g/mol. The maximum Gasteiger partial charge on any atom is 0.119 e. The van der Waals surface area contributed by atoms with Crippen molar-refractivity contribution in [3.05, 3.63) is 29.8 Å². The summed E-state index contributed by atoms with van der Waals surface area (Å²) in [5.74, 6) is 2.51. The number of hydrogen-bond acceptors (Lipinski definition) is 3. The Hall–Kier alpha value is -1.06. The molecule has 20 heavy (non-hydrogen) atoms. The summed E-state index contributed by atoms with van der Waals surface area (Å²) in [7, 11) is 0. The SMILES string of the molecule is CCOc1ccc(C(CN)N2CCC(C)C(C)C2)cc1. The summed E-state index contributed by atoms with van der Waals surface area (Å²) < 4.78 is 5.51. The lowest BCUT2D eigenvalue weighted by Gasteiger charge is -2.40. The predicted molar refractivity (Wildman–Crippen MR) is 83.9 cm³/mol. The van der Waals surface area contributed by atoms with Crippen molar-refractivity contribution in [2.24, 2.45) is 17.6 Å². The fourth-order valence-corrected chi connectivity index (χ4v) is 3.03. The predicted octanol–water partition coefficient (Wildman–Crippen LogP) is 3.06. The first-order valence-corrected chi connectivity index (χ1v) is 7.82. The summed E-state index contributed by atoms with van der Waals surface area (Å²) in [5, 5.41) is 0. The average Bonchev–Trinajstić information content (AvgIpc) is 2.46. The van der Waals surface area contributed by atoms with E-state index in [2.05, 4.69) is 43.0 Å². The minimum absolute atomic E-state index is 0.334. The standard InChI is InChI=1S/C17H28N2O/c1-4-20-16-7-5-15(6-8-16)17(11-18)19-10-9-13(2)14(3)12-19/h5-8,13-14,17H,4,9-12,18H2,1-3H3. The van der Waals surface area contributed by atoms with Gasteiger partial charge in [-0.15, -0.1) is 0 Å². The number of piperidine rings is 1. The smallest absolute Gasteiger partial charge is 0.119 e. The summed E-state index contributed by atoms with van der Waals surface area (Å²) >= 11 is 0. The number of benzene rings is 1. The summed E-state index contributed by atoms with van der Waals surface area (Å²) in [4.78, 5) is 2.54. The van der Waals surface area contributed by atoms with Crippen molar-refractivity contribution in [1.82, 2.24) is 4.90 Å². The molecule has 0 saturated carbocycles. The molecule has 112 valence electrons. The summed E-state index contributed by atoms with van der Waals surface area (Å²) in [6, 6.07) is 8.76. The van der Waals surface area contributed by atoms with Crippen LogP contribution in [0.2, 0.25) is 0 Å². The molecule has 0 bridgehead atoms. The van der Waals surface area contributed by atoms with Crippen LogP contribution in [0.25, 0.3) is 0 Å². The van der Waals surface area contributed by atoms with Gasteiger partial charge < -0.3 is 10.5 Å². The van der Waals surface area contributed by atoms with Crippen LogP contribution in [0.1, 0.15) is 38.8 Å². The highest BCUT2D eigenvalue weighted by Gasteiger charge is 2.27. The third-order valence-corrected chi connectivity index (χ3v) is 4.61. The Balaban J connectivity index is 2.07. The first-order valence-electron chi connectivity index (χ1n) is 7.82. The number of rotatable bonds is 5. The molecule has 0 spiro atoms. The van der Waals surface area contributed by atoms with Gasteiger partial charge in [0.1, 0.15) is 5.75 Å². The molecule has 2 rings (SSSR count). The maximum atomic E-state index is 6.04. The Kier molecular flexibility index (Phi) is 5.44. The lowest BCUT2D eigenvalue weighted by Crippen LogP contribution is -2.43. The second kappa shape index (κ2) is 7.09. The number of ether oxygens (including phenoxy) is 1. The van der Waals surface area contributed by atoms with E-state index in [1.54, 1.807) is 0 Å². The second-order valence-electron chi connectivity index (χ2n) is 5.99. The van der Waals surface area contributed by atoms with Gasteiger partial charge in [-0.3, -0.25) is 4.90 Å². The molecular formula is C17H28N2O. The fraction of sp³-hybridized carbons (Fsp3) is 0.647. The summed E-state index contributed by atoms with van der Waals surface area (Å²) in [5.41, 5.74) is 7.34. The molecule has 3 atom stereocenters. The van der Waals surface area contributed by atoms with Gasteiger partial charge in [0.25, 0.3) is 0 Å². The van der Waals surface area contributed by atoms with E-state index >= 15 is 0 Å². The van der Waals surface area contributed by atoms with Crippen molar-refractivity contribution in [3.8, 4) is 5.75 Å². The van der Waals surface area contributed by atoms with Gasteiger partial charge in [0, 0.05) is 19.1 Å². The number of nitrogens with zero attached hydrogens (tertiary/aromatic N) is 1. The van der Waals surface area contributed by atoms with Crippen molar-refractivity contribution in [2.75, 3.05) is 26.2 Å². The van der Waals surface area contributed by atoms with Crippen LogP contribution in [0.5, 0.6) is 5.75 Å². The van der Waals surface area contributed by atoms with Crippen molar-refractivity contribution in [1.29, 1.82) is 0 Å². The third kappa shape index (κ3) is 3.53. The first-order chi connectivity index (χ1) is 9.65. The zero-order valence-corrected chi connectivity index (χ0v) is 13.0. The van der Waals surface area contributed by atoms with Gasteiger partial charge in [0.2, 0.25) is 0 Å². The Morgan fingerprint density at radius 3 is 2.50 bits per heavy atom. The largest absolute Gasteiger partial charge is 0.494 e. The molecule has 1 saturated heterocycles. The van der Waals surface area contributed by atoms with E-state index in [9.17, 15) is 0 Å². The van der Waals surface area contributed by atoms with Gasteiger partial charge in [0.05, 0.1) is 6.61 Å². The Morgan fingerprint density at radius 1 is 1.25 bits per heavy atom. The van der Waals surface area contributed by atoms with Gasteiger partial charge >= 0.3 is 0 Å². The molecule has 0 amide bonds. The Bertz CT molecular complexity index is 404. The van der Waals surface area contributed by atoms with E-state index < -0.39 is 0 Å². The van der Waals surface area contributed by atoms with Crippen molar-refractivity contribution in [2.45, 2.75) is 33.2 Å². The lowest BCUT2D eigenvalue weighted by atomic mass is 9.87. The van der Waals surface area contributed by atoms with Crippen LogP contribution in [-0.2, 0) is 0 Å². The molecule has 0 aliphatic carbocycles. The Morgan fingerprint density at radius 2 is 1.95 bits per heavy atom. The van der Waals surface area contributed by atoms with Gasteiger partial charge in [-0.25, -0.2) is 0 Å². The van der Waals surface area contributed by atoms with Crippen LogP contribution >= 0.6 is 0 Å². The van der Waals surface area contributed by atoms with Crippen LogP contribution in [0, 0.1) is 11.8 Å². The van der Waals surface area contributed by atoms with Gasteiger partial charge in [-0.1, -0.05) is 26.0 Å². The van der Waals surface area contributed by atoms with E-state index in [0.29, 0.717) is 19.2 Å². The highest BCUT2D eigenvalue weighted by atomic mass is 16.5. The minimum atomic E-state index is 0.334. The van der Waals surface area contributed by atoms with Crippen molar-refractivity contribution >= 4 is 0 Å². The molecule has 1 aromatic carbocycles. The zero-order chi connectivity index (χ0) is 14.5. The molecule has 1 aromatic rings. The molecule has 0 radical (unpaired) electrons. The third-order valence-electron chi connectivity index (χ3n) is 4.61. The molecule has 1 fully saturated rings. The number of hydrogen-bond donors (Lipinski definition) is 1. The lowest BCUT2D eigenvalue weighted by molar-refractivity contribution is 0.0983. The molecule has 0 aromatic heterocycles. The highest BCUT2D eigenvalue weighted by molar-refractivity contribution is 5.29. The van der Waals surface area contributed by atoms with Crippen LogP contribution in [-0.4, -0.2) is 31.1 Å². The molecule has 3 heteroatoms. The van der Waals surface area contributed by atoms with E-state index in [-0.39, 0.29) is 0 Å². The normalized spacial score (nSPS) is 25.4. The fourth-order valence-electron chi connectivity index (χ4n) is 3.03. The summed E-state index contributed by atoms with van der Waals surface area (Å²) in [6.07, 6.45) is 1.27. The topological polar surface area (TPSA) is 38.5 Å². The zero-order valence-electron chi connectivity index (χ0n) is 13.0. The van der Waals surface area contributed by atoms with E-state index in [1.807, 2.05) is 6.92 Å². The van der Waals surface area contributed by atoms with E-state index in [4.69, 9.17) is 10.5 Å². The molecular weight excluding hydrogens is 248 g/mol. The first kappa shape index (κ1) is 15.3. The molecule has 3 nitrogen and oxygen atoms in total. The van der Waals surface area contributed by atoms with Crippen LogP contribution in [0.4, 0.5) is 0 Å². The van der Waals surface area contributed by atoms with E-state index in [1.165, 1.54) is 12.0 Å². The molecule has 1 aliphatic rings. The average molecular weight is 276 g/mol. The molecule has 1 aliphatic heterocycles. The minimum Gasteiger partial charge on any atom is -0.494 e. The van der Waals surface area contributed by atoms with Crippen LogP contribution < -0.4 is 10.5 Å². The highest BCUT2D eigenvalue weighted by Crippen LogP contribution is 2.30. The van der Waals surface area contributed by atoms with Gasteiger partial charge in [-0.2, -0.15) is 0 Å². The van der Waals surface area contributed by atoms with Crippen molar-refractivity contribution in [3.63, 3.8) is 0 Å². The van der Waals surface area contributed by atoms with Gasteiger partial charge in [0.15, 0.2) is 0 Å². The second-order valence-corrected chi connectivity index (χ2v) is 5.99. The van der Waals surface area contributed by atoms with Crippen molar-refractivity contribution < 1.29 is 4.74 Å². The molecule has 3 unspecified atom stereocenters. The van der Waals surface area contributed by atoms with Crippen LogP contribution in [0.15, 0.2) is 24.3 Å². The van der Waals surface area contributed by atoms with Crippen LogP contribution in [0.3, 0.4) is 0 Å². The summed E-state index contributed by atoms with van der Waals surface area (Å²) in [6.45, 7) is 10.4. The number of likely N-dealkylation sites (tertiary alicyclic amines) is 1. The molecule has 1 heterocycles. The Labute approximate surface area is 123 Å². The van der Waals surface area contributed by atoms with E-state index in [0.717, 1.165) is 30.7 Å².